The zero-order valence-electron chi connectivity index (χ0n) is 6.94. The van der Waals surface area contributed by atoms with Crippen LogP contribution in [0.25, 0.3) is 0 Å². The number of benzene rings is 1. The number of cyclic esters (lactones) is 1. The summed E-state index contributed by atoms with van der Waals surface area (Å²) < 4.78 is 5.09. The van der Waals surface area contributed by atoms with E-state index in [1.807, 2.05) is 30.3 Å². The molecule has 1 aromatic carbocycles. The van der Waals surface area contributed by atoms with Crippen molar-refractivity contribution in [1.29, 1.82) is 0 Å². The van der Waals surface area contributed by atoms with E-state index >= 15 is 0 Å². The van der Waals surface area contributed by atoms with E-state index in [-0.39, 0.29) is 17.5 Å². The maximum atomic E-state index is 10.9. The van der Waals surface area contributed by atoms with Crippen LogP contribution in [0.4, 0.5) is 0 Å². The van der Waals surface area contributed by atoms with Crippen molar-refractivity contribution in [2.75, 3.05) is 0 Å². The van der Waals surface area contributed by atoms with Crippen LogP contribution in [0.15, 0.2) is 30.3 Å². The molecule has 1 aliphatic heterocycles. The third-order valence-electron chi connectivity index (χ3n) is 2.08. The molecule has 1 saturated heterocycles. The minimum Gasteiger partial charge on any atom is -0.456 e. The molecule has 2 rings (SSSR count). The summed E-state index contributed by atoms with van der Waals surface area (Å²) >= 11 is 5.96. The van der Waals surface area contributed by atoms with E-state index in [0.717, 1.165) is 5.56 Å². The smallest absolute Gasteiger partial charge is 0.308 e. The molecule has 1 heterocycles. The molecule has 0 unspecified atom stereocenters. The Bertz CT molecular complexity index is 310. The van der Waals surface area contributed by atoms with Crippen LogP contribution in [0.5, 0.6) is 0 Å². The molecule has 0 aromatic heterocycles. The number of carbonyl (C=O) groups excluding carboxylic acids is 1. The van der Waals surface area contributed by atoms with Gasteiger partial charge in [0, 0.05) is 0 Å². The summed E-state index contributed by atoms with van der Waals surface area (Å²) in [6.45, 7) is 0. The summed E-state index contributed by atoms with van der Waals surface area (Å²) in [7, 11) is 0. The monoisotopic (exact) mass is 196 g/mol. The highest BCUT2D eigenvalue weighted by molar-refractivity contribution is 6.22. The quantitative estimate of drug-likeness (QED) is 0.509. The molecule has 0 amide bonds. The van der Waals surface area contributed by atoms with E-state index in [1.165, 1.54) is 0 Å². The molecule has 0 radical (unpaired) electrons. The first kappa shape index (κ1) is 8.57. The number of ether oxygens (including phenoxy) is 1. The summed E-state index contributed by atoms with van der Waals surface area (Å²) in [4.78, 5) is 10.9. The van der Waals surface area contributed by atoms with Crippen molar-refractivity contribution in [2.24, 2.45) is 0 Å². The SMILES string of the molecule is O=C1C[C@@H](Cl)[C@@H](c2ccccc2)O1. The number of rotatable bonds is 1. The van der Waals surface area contributed by atoms with Gasteiger partial charge in [0.2, 0.25) is 0 Å². The van der Waals surface area contributed by atoms with Crippen molar-refractivity contribution < 1.29 is 9.53 Å². The first-order valence-electron chi connectivity index (χ1n) is 4.16. The lowest BCUT2D eigenvalue weighted by molar-refractivity contribution is -0.141. The first-order valence-corrected chi connectivity index (χ1v) is 4.59. The Balaban J connectivity index is 2.23. The number of halogens is 1. The fourth-order valence-electron chi connectivity index (χ4n) is 1.45. The maximum absolute atomic E-state index is 10.9. The van der Waals surface area contributed by atoms with Crippen LogP contribution in [-0.4, -0.2) is 11.3 Å². The summed E-state index contributed by atoms with van der Waals surface area (Å²) in [6, 6.07) is 9.57. The number of carbonyl (C=O) groups is 1. The van der Waals surface area contributed by atoms with Crippen LogP contribution in [0.1, 0.15) is 18.1 Å². The second-order valence-electron chi connectivity index (χ2n) is 3.04. The summed E-state index contributed by atoms with van der Waals surface area (Å²) in [5.41, 5.74) is 0.966. The van der Waals surface area contributed by atoms with Gasteiger partial charge in [0.05, 0.1) is 11.8 Å². The average molecular weight is 197 g/mol. The lowest BCUT2D eigenvalue weighted by Crippen LogP contribution is -2.05. The van der Waals surface area contributed by atoms with E-state index in [0.29, 0.717) is 6.42 Å². The second-order valence-corrected chi connectivity index (χ2v) is 3.60. The molecular weight excluding hydrogens is 188 g/mol. The molecule has 2 atom stereocenters. The van der Waals surface area contributed by atoms with Gasteiger partial charge in [-0.05, 0) is 5.56 Å². The molecule has 1 aromatic rings. The number of alkyl halides is 1. The third kappa shape index (κ3) is 1.68. The molecule has 13 heavy (non-hydrogen) atoms. The lowest BCUT2D eigenvalue weighted by Gasteiger charge is -2.11. The number of esters is 1. The van der Waals surface area contributed by atoms with Crippen LogP contribution in [0.3, 0.4) is 0 Å². The van der Waals surface area contributed by atoms with Crippen molar-refractivity contribution in [3.05, 3.63) is 35.9 Å². The fourth-order valence-corrected chi connectivity index (χ4v) is 1.77. The van der Waals surface area contributed by atoms with Gasteiger partial charge in [-0.15, -0.1) is 11.6 Å². The van der Waals surface area contributed by atoms with Crippen molar-refractivity contribution in [1.82, 2.24) is 0 Å². The van der Waals surface area contributed by atoms with Crippen LogP contribution in [-0.2, 0) is 9.53 Å². The first-order chi connectivity index (χ1) is 6.27. The van der Waals surface area contributed by atoms with E-state index in [9.17, 15) is 4.79 Å². The van der Waals surface area contributed by atoms with E-state index in [2.05, 4.69) is 0 Å². The predicted octanol–water partition coefficient (Wildman–Crippen LogP) is 2.28. The topological polar surface area (TPSA) is 26.3 Å². The maximum Gasteiger partial charge on any atom is 0.308 e. The Morgan fingerprint density at radius 2 is 2.00 bits per heavy atom. The predicted molar refractivity (Wildman–Crippen MR) is 49.5 cm³/mol. The van der Waals surface area contributed by atoms with Gasteiger partial charge >= 0.3 is 5.97 Å². The largest absolute Gasteiger partial charge is 0.456 e. The molecule has 68 valence electrons. The van der Waals surface area contributed by atoms with Crippen LogP contribution in [0.2, 0.25) is 0 Å². The van der Waals surface area contributed by atoms with Crippen LogP contribution < -0.4 is 0 Å². The molecule has 2 nitrogen and oxygen atoms in total. The molecule has 0 saturated carbocycles. The molecular formula is C10H9ClO2. The molecule has 1 aliphatic rings. The van der Waals surface area contributed by atoms with Gasteiger partial charge < -0.3 is 4.74 Å². The standard InChI is InChI=1S/C10H9ClO2/c11-8-6-9(12)13-10(8)7-4-2-1-3-5-7/h1-5,8,10H,6H2/t8-,10-/m1/s1. The lowest BCUT2D eigenvalue weighted by atomic mass is 10.1. The van der Waals surface area contributed by atoms with Crippen molar-refractivity contribution in [3.8, 4) is 0 Å². The Morgan fingerprint density at radius 1 is 1.31 bits per heavy atom. The van der Waals surface area contributed by atoms with Gasteiger partial charge in [0.15, 0.2) is 0 Å². The number of hydrogen-bond acceptors (Lipinski definition) is 2. The average Bonchev–Trinajstić information content (AvgIpc) is 2.47. The zero-order valence-corrected chi connectivity index (χ0v) is 7.70. The highest BCUT2D eigenvalue weighted by atomic mass is 35.5. The Hall–Kier alpha value is -1.02. The fraction of sp³-hybridized carbons (Fsp3) is 0.300. The Labute approximate surface area is 81.5 Å². The molecule has 3 heteroatoms. The minimum atomic E-state index is -0.268. The van der Waals surface area contributed by atoms with E-state index < -0.39 is 0 Å². The van der Waals surface area contributed by atoms with E-state index in [4.69, 9.17) is 16.3 Å². The normalized spacial score (nSPS) is 27.3. The van der Waals surface area contributed by atoms with Gasteiger partial charge in [-0.3, -0.25) is 4.79 Å². The van der Waals surface area contributed by atoms with Gasteiger partial charge in [0.1, 0.15) is 6.10 Å². The van der Waals surface area contributed by atoms with Crippen molar-refractivity contribution >= 4 is 17.6 Å². The van der Waals surface area contributed by atoms with Gasteiger partial charge in [0.25, 0.3) is 0 Å². The summed E-state index contributed by atoms with van der Waals surface area (Å²) in [5, 5.41) is -0.227. The van der Waals surface area contributed by atoms with Crippen molar-refractivity contribution in [2.45, 2.75) is 17.9 Å². The zero-order chi connectivity index (χ0) is 9.26. The molecule has 0 aliphatic carbocycles. The molecule has 0 bridgehead atoms. The highest BCUT2D eigenvalue weighted by Gasteiger charge is 2.34. The van der Waals surface area contributed by atoms with Crippen LogP contribution >= 0.6 is 11.6 Å². The third-order valence-corrected chi connectivity index (χ3v) is 2.46. The van der Waals surface area contributed by atoms with Crippen LogP contribution in [0, 0.1) is 0 Å². The minimum absolute atomic E-state index is 0.214. The summed E-state index contributed by atoms with van der Waals surface area (Å²) in [5.74, 6) is -0.214. The van der Waals surface area contributed by atoms with E-state index in [1.54, 1.807) is 0 Å². The Morgan fingerprint density at radius 3 is 2.54 bits per heavy atom. The molecule has 0 N–H and O–H groups in total. The number of hydrogen-bond donors (Lipinski definition) is 0. The summed E-state index contributed by atoms with van der Waals surface area (Å²) in [6.07, 6.45) is 0.0385. The highest BCUT2D eigenvalue weighted by Crippen LogP contribution is 2.33. The van der Waals surface area contributed by atoms with Crippen molar-refractivity contribution in [3.63, 3.8) is 0 Å². The van der Waals surface area contributed by atoms with Gasteiger partial charge in [-0.1, -0.05) is 30.3 Å². The molecule has 1 fully saturated rings. The molecule has 0 spiro atoms. The second kappa shape index (κ2) is 3.38. The van der Waals surface area contributed by atoms with Gasteiger partial charge in [-0.2, -0.15) is 0 Å². The Kier molecular flexibility index (Phi) is 2.23. The van der Waals surface area contributed by atoms with Gasteiger partial charge in [-0.25, -0.2) is 0 Å².